The third kappa shape index (κ3) is 3.66. The monoisotopic (exact) mass is 474 g/mol. The van der Waals surface area contributed by atoms with Gasteiger partial charge in [0.2, 0.25) is 11.8 Å². The van der Waals surface area contributed by atoms with Gasteiger partial charge in [0, 0.05) is 35.1 Å². The average Bonchev–Trinajstić information content (AvgIpc) is 3.11. The van der Waals surface area contributed by atoms with Crippen LogP contribution in [0.2, 0.25) is 5.02 Å². The number of nitrogens with zero attached hydrogens (tertiary/aromatic N) is 3. The summed E-state index contributed by atoms with van der Waals surface area (Å²) in [5, 5.41) is 2.69. The van der Waals surface area contributed by atoms with Crippen LogP contribution >= 0.6 is 11.6 Å². The van der Waals surface area contributed by atoms with E-state index < -0.39 is 23.6 Å². The summed E-state index contributed by atoms with van der Waals surface area (Å²) in [6, 6.07) is 4.25. The Balaban J connectivity index is 1.41. The molecule has 3 aromatic rings. The maximum absolute atomic E-state index is 14.9. The third-order valence-corrected chi connectivity index (χ3v) is 6.50. The highest BCUT2D eigenvalue weighted by molar-refractivity contribution is 6.33. The number of aromatic nitrogens is 2. The summed E-state index contributed by atoms with van der Waals surface area (Å²) in [5.41, 5.74) is 1.64. The predicted octanol–water partition coefficient (Wildman–Crippen LogP) is 5.52. The minimum Gasteiger partial charge on any atom is -0.479 e. The fraction of sp³-hybridized carbons (Fsp3) is 0.261. The molecule has 2 amide bonds. The second-order valence-electron chi connectivity index (χ2n) is 7.99. The van der Waals surface area contributed by atoms with Crippen molar-refractivity contribution in [2.45, 2.75) is 31.3 Å². The smallest absolute Gasteiger partial charge is 0.322 e. The number of carbonyl (C=O) groups excluding carboxylic acids is 1. The van der Waals surface area contributed by atoms with Gasteiger partial charge >= 0.3 is 6.03 Å². The number of pyridine rings is 2. The van der Waals surface area contributed by atoms with Crippen LogP contribution in [-0.2, 0) is 6.42 Å². The number of urea groups is 1. The Morgan fingerprint density at radius 2 is 2.00 bits per heavy atom. The number of hydrogen-bond donors (Lipinski definition) is 1. The third-order valence-electron chi connectivity index (χ3n) is 6.19. The first-order valence-corrected chi connectivity index (χ1v) is 10.7. The standard InChI is InChI=1S/C23H18ClF3N4O2/c1-33-22-18(26)6-11(10-29-22)14-8-17(25)19(9-16(14)24)30-23(32)31-12-2-3-20(31)13-4-5-28-21(27)15(13)7-12/h4-6,8-10,12,20H,2-3,7H2,1H3,(H,30,32)/t12-,20+/m0/s1. The van der Waals surface area contributed by atoms with Gasteiger partial charge in [-0.2, -0.15) is 4.39 Å². The lowest BCUT2D eigenvalue weighted by Crippen LogP contribution is -2.44. The molecule has 0 saturated carbocycles. The molecular formula is C23H18ClF3N4O2. The van der Waals surface area contributed by atoms with Gasteiger partial charge in [0.1, 0.15) is 5.82 Å². The second kappa shape index (κ2) is 8.22. The van der Waals surface area contributed by atoms with Crippen molar-refractivity contribution in [3.8, 4) is 17.0 Å². The van der Waals surface area contributed by atoms with Gasteiger partial charge in [0.05, 0.1) is 23.9 Å². The fourth-order valence-corrected chi connectivity index (χ4v) is 4.97. The number of rotatable bonds is 3. The molecule has 2 atom stereocenters. The van der Waals surface area contributed by atoms with Gasteiger partial charge in [-0.05, 0) is 49.1 Å². The summed E-state index contributed by atoms with van der Waals surface area (Å²) in [4.78, 5) is 22.3. The summed E-state index contributed by atoms with van der Waals surface area (Å²) in [6.07, 6.45) is 4.46. The van der Waals surface area contributed by atoms with Crippen molar-refractivity contribution >= 4 is 23.3 Å². The van der Waals surface area contributed by atoms with Crippen LogP contribution in [0.1, 0.15) is 30.0 Å². The van der Waals surface area contributed by atoms with Crippen LogP contribution in [0.3, 0.4) is 0 Å². The first-order valence-electron chi connectivity index (χ1n) is 10.3. The van der Waals surface area contributed by atoms with Crippen LogP contribution in [0, 0.1) is 17.6 Å². The Morgan fingerprint density at radius 1 is 1.18 bits per heavy atom. The van der Waals surface area contributed by atoms with Crippen molar-refractivity contribution < 1.29 is 22.7 Å². The Hall–Kier alpha value is -3.33. The van der Waals surface area contributed by atoms with E-state index in [0.717, 1.165) is 17.7 Å². The summed E-state index contributed by atoms with van der Waals surface area (Å²) >= 11 is 6.32. The van der Waals surface area contributed by atoms with Gasteiger partial charge in [0.25, 0.3) is 0 Å². The van der Waals surface area contributed by atoms with Crippen molar-refractivity contribution in [3.05, 3.63) is 70.4 Å². The van der Waals surface area contributed by atoms with Gasteiger partial charge in [-0.25, -0.2) is 23.5 Å². The number of anilines is 1. The molecular weight excluding hydrogens is 457 g/mol. The van der Waals surface area contributed by atoms with Crippen LogP contribution in [0.4, 0.5) is 23.7 Å². The number of amides is 2. The molecule has 33 heavy (non-hydrogen) atoms. The molecule has 170 valence electrons. The van der Waals surface area contributed by atoms with Crippen molar-refractivity contribution in [2.24, 2.45) is 0 Å². The molecule has 0 spiro atoms. The normalized spacial score (nSPS) is 18.8. The van der Waals surface area contributed by atoms with E-state index in [-0.39, 0.29) is 39.8 Å². The summed E-state index contributed by atoms with van der Waals surface area (Å²) in [5.74, 6) is -2.15. The molecule has 6 nitrogen and oxygen atoms in total. The summed E-state index contributed by atoms with van der Waals surface area (Å²) in [7, 11) is 1.29. The molecule has 2 aliphatic heterocycles. The van der Waals surface area contributed by atoms with E-state index in [4.69, 9.17) is 16.3 Å². The van der Waals surface area contributed by atoms with Gasteiger partial charge in [-0.3, -0.25) is 0 Å². The molecule has 2 aliphatic rings. The molecule has 0 unspecified atom stereocenters. The van der Waals surface area contributed by atoms with Crippen molar-refractivity contribution in [1.82, 2.24) is 14.9 Å². The number of methoxy groups -OCH3 is 1. The van der Waals surface area contributed by atoms with Gasteiger partial charge in [-0.15, -0.1) is 0 Å². The number of ether oxygens (including phenoxy) is 1. The zero-order valence-corrected chi connectivity index (χ0v) is 18.2. The SMILES string of the molecule is COc1ncc(-c2cc(F)c(NC(=O)N3[C@H]4CC[C@@H]3c3ccnc(F)c3C4)cc2Cl)cc1F. The number of carbonyl (C=O) groups is 1. The lowest BCUT2D eigenvalue weighted by atomic mass is 9.95. The lowest BCUT2D eigenvalue weighted by molar-refractivity contribution is 0.178. The predicted molar refractivity (Wildman–Crippen MR) is 116 cm³/mol. The van der Waals surface area contributed by atoms with Gasteiger partial charge in [-0.1, -0.05) is 11.6 Å². The highest BCUT2D eigenvalue weighted by Crippen LogP contribution is 2.44. The minimum absolute atomic E-state index is 0.109. The Morgan fingerprint density at radius 3 is 2.76 bits per heavy atom. The number of benzene rings is 1. The molecule has 1 N–H and O–H groups in total. The van der Waals surface area contributed by atoms with E-state index in [1.807, 2.05) is 0 Å². The minimum atomic E-state index is -0.737. The van der Waals surface area contributed by atoms with E-state index >= 15 is 0 Å². The molecule has 2 aromatic heterocycles. The van der Waals surface area contributed by atoms with Crippen molar-refractivity contribution in [1.29, 1.82) is 0 Å². The Labute approximate surface area is 192 Å². The first-order chi connectivity index (χ1) is 15.9. The molecule has 0 aliphatic carbocycles. The maximum Gasteiger partial charge on any atom is 0.322 e. The highest BCUT2D eigenvalue weighted by atomic mass is 35.5. The molecule has 1 saturated heterocycles. The summed E-state index contributed by atoms with van der Waals surface area (Å²) < 4.78 is 47.8. The van der Waals surface area contributed by atoms with E-state index in [2.05, 4.69) is 15.3 Å². The zero-order chi connectivity index (χ0) is 23.3. The fourth-order valence-electron chi connectivity index (χ4n) is 4.69. The lowest BCUT2D eigenvalue weighted by Gasteiger charge is -2.36. The summed E-state index contributed by atoms with van der Waals surface area (Å²) in [6.45, 7) is 0. The van der Waals surface area contributed by atoms with Crippen LogP contribution in [0.15, 0.2) is 36.7 Å². The number of hydrogen-bond acceptors (Lipinski definition) is 4. The molecule has 10 heteroatoms. The van der Waals surface area contributed by atoms with Crippen LogP contribution < -0.4 is 10.1 Å². The first kappa shape index (κ1) is 21.5. The molecule has 0 radical (unpaired) electrons. The average molecular weight is 475 g/mol. The molecule has 1 fully saturated rings. The van der Waals surface area contributed by atoms with Gasteiger partial charge in [0.15, 0.2) is 5.82 Å². The van der Waals surface area contributed by atoms with Crippen LogP contribution in [0.25, 0.3) is 11.1 Å². The molecule has 5 rings (SSSR count). The maximum atomic E-state index is 14.9. The largest absolute Gasteiger partial charge is 0.479 e. The van der Waals surface area contributed by atoms with E-state index in [9.17, 15) is 18.0 Å². The second-order valence-corrected chi connectivity index (χ2v) is 8.39. The quantitative estimate of drug-likeness (QED) is 0.508. The number of fused-ring (bicyclic) bond motifs is 4. The Kier molecular flexibility index (Phi) is 5.36. The molecule has 4 heterocycles. The van der Waals surface area contributed by atoms with Crippen molar-refractivity contribution in [3.63, 3.8) is 0 Å². The highest BCUT2D eigenvalue weighted by Gasteiger charge is 2.43. The van der Waals surface area contributed by atoms with Crippen LogP contribution in [-0.4, -0.2) is 34.1 Å². The Bertz CT molecular complexity index is 1270. The topological polar surface area (TPSA) is 67.3 Å². The van der Waals surface area contributed by atoms with E-state index in [0.29, 0.717) is 24.8 Å². The molecule has 1 aromatic carbocycles. The van der Waals surface area contributed by atoms with Gasteiger partial charge < -0.3 is 15.0 Å². The zero-order valence-electron chi connectivity index (χ0n) is 17.4. The number of nitrogens with one attached hydrogen (secondary N) is 1. The van der Waals surface area contributed by atoms with E-state index in [1.54, 1.807) is 11.0 Å². The van der Waals surface area contributed by atoms with Crippen molar-refractivity contribution in [2.75, 3.05) is 12.4 Å². The molecule has 2 bridgehead atoms. The van der Waals surface area contributed by atoms with Crippen LogP contribution in [0.5, 0.6) is 5.88 Å². The van der Waals surface area contributed by atoms with E-state index in [1.165, 1.54) is 25.6 Å². The number of halogens is 4.